The molecule has 0 saturated heterocycles. The van der Waals surface area contributed by atoms with Crippen LogP contribution in [0.15, 0.2) is 33.8 Å². The van der Waals surface area contributed by atoms with Crippen LogP contribution in [0.4, 0.5) is 11.6 Å². The summed E-state index contributed by atoms with van der Waals surface area (Å²) >= 11 is 0. The van der Waals surface area contributed by atoms with Gasteiger partial charge >= 0.3 is 0 Å². The Bertz CT molecular complexity index is 787. The molecule has 8 heteroatoms. The fourth-order valence-electron chi connectivity index (χ4n) is 2.18. The molecular weight excluding hydrogens is 310 g/mol. The SMILES string of the molecule is CCC(CC)c1nc(C#N)c(NN=Cc2cccc([N+](=O)[O-])c2)o1. The molecule has 0 unspecified atom stereocenters. The molecule has 2 rings (SSSR count). The number of nitro groups is 1. The van der Waals surface area contributed by atoms with Crippen molar-refractivity contribution in [2.24, 2.45) is 5.10 Å². The van der Waals surface area contributed by atoms with Gasteiger partial charge in [-0.15, -0.1) is 0 Å². The molecule has 1 aromatic heterocycles. The van der Waals surface area contributed by atoms with Crippen molar-refractivity contribution in [3.63, 3.8) is 0 Å². The van der Waals surface area contributed by atoms with E-state index in [2.05, 4.69) is 15.5 Å². The second-order valence-electron chi connectivity index (χ2n) is 5.08. The van der Waals surface area contributed by atoms with E-state index in [-0.39, 0.29) is 23.2 Å². The topological polar surface area (TPSA) is 117 Å². The molecule has 124 valence electrons. The Morgan fingerprint density at radius 2 is 2.25 bits per heavy atom. The molecule has 0 amide bonds. The Hall–Kier alpha value is -3.21. The summed E-state index contributed by atoms with van der Waals surface area (Å²) in [4.78, 5) is 14.4. The molecule has 0 saturated carbocycles. The number of hydrazone groups is 1. The van der Waals surface area contributed by atoms with Gasteiger partial charge in [0.2, 0.25) is 11.6 Å². The second kappa shape index (κ2) is 7.87. The second-order valence-corrected chi connectivity index (χ2v) is 5.08. The number of nitrogens with one attached hydrogen (secondary N) is 1. The number of hydrogen-bond donors (Lipinski definition) is 1. The van der Waals surface area contributed by atoms with Gasteiger partial charge in [-0.3, -0.25) is 10.1 Å². The van der Waals surface area contributed by atoms with E-state index in [1.54, 1.807) is 12.1 Å². The van der Waals surface area contributed by atoms with Gasteiger partial charge in [-0.25, -0.2) is 10.4 Å². The van der Waals surface area contributed by atoms with Crippen LogP contribution in [0.5, 0.6) is 0 Å². The lowest BCUT2D eigenvalue weighted by Crippen LogP contribution is -1.95. The highest BCUT2D eigenvalue weighted by Crippen LogP contribution is 2.27. The summed E-state index contributed by atoms with van der Waals surface area (Å²) in [5.41, 5.74) is 3.30. The van der Waals surface area contributed by atoms with Gasteiger partial charge in [0, 0.05) is 23.6 Å². The van der Waals surface area contributed by atoms with Crippen LogP contribution in [0.1, 0.15) is 49.8 Å². The predicted octanol–water partition coefficient (Wildman–Crippen LogP) is 3.80. The molecule has 0 radical (unpaired) electrons. The predicted molar refractivity (Wildman–Crippen MR) is 88.9 cm³/mol. The standard InChI is InChI=1S/C16H17N5O3/c1-3-12(4-2)15-19-14(9-17)16(24-15)20-18-10-11-6-5-7-13(8-11)21(22)23/h5-8,10,12,20H,3-4H2,1-2H3. The van der Waals surface area contributed by atoms with Crippen LogP contribution in [-0.4, -0.2) is 16.1 Å². The average molecular weight is 327 g/mol. The summed E-state index contributed by atoms with van der Waals surface area (Å²) in [6, 6.07) is 8.01. The first-order chi connectivity index (χ1) is 11.6. The maximum Gasteiger partial charge on any atom is 0.270 e. The van der Waals surface area contributed by atoms with E-state index in [4.69, 9.17) is 9.68 Å². The van der Waals surface area contributed by atoms with Crippen LogP contribution in [0.25, 0.3) is 0 Å². The van der Waals surface area contributed by atoms with Gasteiger partial charge in [0.1, 0.15) is 6.07 Å². The minimum atomic E-state index is -0.475. The van der Waals surface area contributed by atoms with Crippen LogP contribution in [0.2, 0.25) is 0 Å². The minimum absolute atomic E-state index is 0.0210. The van der Waals surface area contributed by atoms with Gasteiger partial charge in [-0.05, 0) is 12.8 Å². The van der Waals surface area contributed by atoms with Crippen LogP contribution < -0.4 is 5.43 Å². The number of benzene rings is 1. The Labute approximate surface area is 139 Å². The summed E-state index contributed by atoms with van der Waals surface area (Å²) in [5, 5.41) is 23.8. The zero-order valence-corrected chi connectivity index (χ0v) is 13.4. The van der Waals surface area contributed by atoms with Gasteiger partial charge in [-0.1, -0.05) is 26.0 Å². The highest BCUT2D eigenvalue weighted by molar-refractivity contribution is 5.81. The summed E-state index contributed by atoms with van der Waals surface area (Å²) in [5.74, 6) is 0.819. The maximum absolute atomic E-state index is 10.7. The molecule has 1 heterocycles. The fraction of sp³-hybridized carbons (Fsp3) is 0.312. The van der Waals surface area contributed by atoms with Crippen molar-refractivity contribution in [3.8, 4) is 6.07 Å². The Kier molecular flexibility index (Phi) is 5.63. The average Bonchev–Trinajstić information content (AvgIpc) is 2.99. The Morgan fingerprint density at radius 3 is 2.88 bits per heavy atom. The first-order valence-corrected chi connectivity index (χ1v) is 7.53. The first-order valence-electron chi connectivity index (χ1n) is 7.53. The number of hydrogen-bond acceptors (Lipinski definition) is 7. The van der Waals surface area contributed by atoms with E-state index in [0.717, 1.165) is 12.8 Å². The van der Waals surface area contributed by atoms with E-state index < -0.39 is 4.92 Å². The normalized spacial score (nSPS) is 10.9. The molecule has 24 heavy (non-hydrogen) atoms. The van der Waals surface area contributed by atoms with Crippen molar-refractivity contribution in [3.05, 3.63) is 51.5 Å². The van der Waals surface area contributed by atoms with Crippen molar-refractivity contribution in [2.75, 3.05) is 5.43 Å². The summed E-state index contributed by atoms with van der Waals surface area (Å²) < 4.78 is 5.58. The smallest absolute Gasteiger partial charge is 0.270 e. The summed E-state index contributed by atoms with van der Waals surface area (Å²) in [6.07, 6.45) is 3.13. The molecule has 0 fully saturated rings. The van der Waals surface area contributed by atoms with Gasteiger partial charge < -0.3 is 4.42 Å². The molecule has 0 aliphatic carbocycles. The fourth-order valence-corrected chi connectivity index (χ4v) is 2.18. The molecule has 0 aliphatic rings. The highest BCUT2D eigenvalue weighted by Gasteiger charge is 2.18. The van der Waals surface area contributed by atoms with Gasteiger partial charge in [0.05, 0.1) is 11.1 Å². The van der Waals surface area contributed by atoms with E-state index in [1.807, 2.05) is 19.9 Å². The van der Waals surface area contributed by atoms with Crippen molar-refractivity contribution in [2.45, 2.75) is 32.6 Å². The lowest BCUT2D eigenvalue weighted by molar-refractivity contribution is -0.384. The van der Waals surface area contributed by atoms with E-state index in [0.29, 0.717) is 11.5 Å². The van der Waals surface area contributed by atoms with Gasteiger partial charge in [-0.2, -0.15) is 10.4 Å². The maximum atomic E-state index is 10.7. The zero-order chi connectivity index (χ0) is 17.5. The number of non-ortho nitro benzene ring substituents is 1. The van der Waals surface area contributed by atoms with Crippen molar-refractivity contribution in [1.82, 2.24) is 4.98 Å². The van der Waals surface area contributed by atoms with Crippen molar-refractivity contribution in [1.29, 1.82) is 5.26 Å². The molecule has 0 bridgehead atoms. The van der Waals surface area contributed by atoms with Crippen LogP contribution in [-0.2, 0) is 0 Å². The molecule has 2 aromatic rings. The molecule has 0 spiro atoms. The first kappa shape index (κ1) is 17.1. The third kappa shape index (κ3) is 3.95. The highest BCUT2D eigenvalue weighted by atomic mass is 16.6. The number of oxazole rings is 1. The lowest BCUT2D eigenvalue weighted by atomic mass is 10.0. The van der Waals surface area contributed by atoms with E-state index in [9.17, 15) is 10.1 Å². The molecule has 0 aliphatic heterocycles. The monoisotopic (exact) mass is 327 g/mol. The third-order valence-corrected chi connectivity index (χ3v) is 3.55. The quantitative estimate of drug-likeness (QED) is 0.469. The summed E-state index contributed by atoms with van der Waals surface area (Å²) in [6.45, 7) is 4.05. The number of rotatable bonds is 7. The van der Waals surface area contributed by atoms with Crippen LogP contribution in [0, 0.1) is 21.4 Å². The number of nitro benzene ring substituents is 1. The molecular formula is C16H17N5O3. The third-order valence-electron chi connectivity index (χ3n) is 3.55. The van der Waals surface area contributed by atoms with E-state index >= 15 is 0 Å². The molecule has 0 atom stereocenters. The van der Waals surface area contributed by atoms with Crippen molar-refractivity contribution >= 4 is 17.8 Å². The summed E-state index contributed by atoms with van der Waals surface area (Å²) in [7, 11) is 0. The minimum Gasteiger partial charge on any atom is -0.422 e. The molecule has 1 aromatic carbocycles. The zero-order valence-electron chi connectivity index (χ0n) is 13.4. The molecule has 1 N–H and O–H groups in total. The van der Waals surface area contributed by atoms with E-state index in [1.165, 1.54) is 18.3 Å². The van der Waals surface area contributed by atoms with Crippen LogP contribution >= 0.6 is 0 Å². The lowest BCUT2D eigenvalue weighted by Gasteiger charge is -2.05. The van der Waals surface area contributed by atoms with Gasteiger partial charge in [0.25, 0.3) is 11.6 Å². The van der Waals surface area contributed by atoms with Crippen molar-refractivity contribution < 1.29 is 9.34 Å². The van der Waals surface area contributed by atoms with Gasteiger partial charge in [0.15, 0.2) is 0 Å². The van der Waals surface area contributed by atoms with Crippen LogP contribution in [0.3, 0.4) is 0 Å². The number of nitrogens with zero attached hydrogens (tertiary/aromatic N) is 4. The Morgan fingerprint density at radius 1 is 1.50 bits per heavy atom. The molecule has 8 nitrogen and oxygen atoms in total. The largest absolute Gasteiger partial charge is 0.422 e. The number of anilines is 1. The number of aromatic nitrogens is 1. The number of nitriles is 1. The Balaban J connectivity index is 2.15.